The highest BCUT2D eigenvalue weighted by molar-refractivity contribution is 5.35. The first-order valence-electron chi connectivity index (χ1n) is 7.11. The van der Waals surface area contributed by atoms with Gasteiger partial charge >= 0.3 is 0 Å². The van der Waals surface area contributed by atoms with Crippen LogP contribution >= 0.6 is 0 Å². The molecule has 0 spiro atoms. The van der Waals surface area contributed by atoms with Gasteiger partial charge in [-0.25, -0.2) is 0 Å². The number of hydrogen-bond donors (Lipinski definition) is 1. The van der Waals surface area contributed by atoms with Gasteiger partial charge in [0, 0.05) is 17.6 Å². The van der Waals surface area contributed by atoms with Crippen LogP contribution < -0.4 is 10.1 Å². The number of nitrogens with one attached hydrogen (secondary N) is 1. The molecular weight excluding hydrogens is 222 g/mol. The monoisotopic (exact) mass is 249 g/mol. The quantitative estimate of drug-likeness (QED) is 0.741. The molecule has 1 N–H and O–H groups in total. The number of para-hydroxylation sites is 1. The van der Waals surface area contributed by atoms with Crippen LogP contribution in [0.1, 0.15) is 58.1 Å². The van der Waals surface area contributed by atoms with Gasteiger partial charge in [0.1, 0.15) is 5.75 Å². The summed E-state index contributed by atoms with van der Waals surface area (Å²) in [4.78, 5) is 0. The van der Waals surface area contributed by atoms with Crippen molar-refractivity contribution in [2.45, 2.75) is 58.5 Å². The summed E-state index contributed by atoms with van der Waals surface area (Å²) in [5.74, 6) is 0.986. The lowest BCUT2D eigenvalue weighted by Crippen LogP contribution is -2.30. The van der Waals surface area contributed by atoms with E-state index in [1.54, 1.807) is 7.11 Å². The molecular formula is C16H27NO. The highest BCUT2D eigenvalue weighted by atomic mass is 16.5. The van der Waals surface area contributed by atoms with Gasteiger partial charge in [-0.1, -0.05) is 44.9 Å². The third kappa shape index (κ3) is 4.34. The summed E-state index contributed by atoms with van der Waals surface area (Å²) < 4.78 is 5.45. The second kappa shape index (κ2) is 8.15. The van der Waals surface area contributed by atoms with Crippen molar-refractivity contribution in [2.75, 3.05) is 7.11 Å². The Morgan fingerprint density at radius 2 is 1.94 bits per heavy atom. The van der Waals surface area contributed by atoms with Crippen molar-refractivity contribution in [3.63, 3.8) is 0 Å². The summed E-state index contributed by atoms with van der Waals surface area (Å²) in [5, 5.41) is 3.71. The van der Waals surface area contributed by atoms with E-state index >= 15 is 0 Å². The van der Waals surface area contributed by atoms with E-state index in [1.807, 2.05) is 12.1 Å². The van der Waals surface area contributed by atoms with E-state index in [1.165, 1.54) is 24.8 Å². The molecule has 0 aliphatic rings. The lowest BCUT2D eigenvalue weighted by molar-refractivity contribution is 0.379. The van der Waals surface area contributed by atoms with Crippen molar-refractivity contribution in [3.05, 3.63) is 29.8 Å². The average molecular weight is 249 g/mol. The highest BCUT2D eigenvalue weighted by Crippen LogP contribution is 2.27. The fourth-order valence-corrected chi connectivity index (χ4v) is 2.32. The van der Waals surface area contributed by atoms with E-state index in [9.17, 15) is 0 Å². The molecule has 1 aromatic rings. The van der Waals surface area contributed by atoms with E-state index in [0.29, 0.717) is 12.1 Å². The standard InChI is InChI=1S/C16H27NO/c1-5-7-10-13(3)17-15(6-2)14-11-8-9-12-16(14)18-4/h8-9,11-13,15,17H,5-7,10H2,1-4H3. The highest BCUT2D eigenvalue weighted by Gasteiger charge is 2.15. The maximum atomic E-state index is 5.45. The van der Waals surface area contributed by atoms with Crippen molar-refractivity contribution >= 4 is 0 Å². The first-order chi connectivity index (χ1) is 8.72. The van der Waals surface area contributed by atoms with Crippen LogP contribution in [0.25, 0.3) is 0 Å². The van der Waals surface area contributed by atoms with Gasteiger partial charge in [0.25, 0.3) is 0 Å². The van der Waals surface area contributed by atoms with Crippen molar-refractivity contribution in [1.29, 1.82) is 0 Å². The largest absolute Gasteiger partial charge is 0.496 e. The number of benzene rings is 1. The van der Waals surface area contributed by atoms with Crippen LogP contribution in [0, 0.1) is 0 Å². The zero-order chi connectivity index (χ0) is 13.4. The number of ether oxygens (including phenoxy) is 1. The van der Waals surface area contributed by atoms with Gasteiger partial charge in [0.05, 0.1) is 7.11 Å². The predicted molar refractivity (Wildman–Crippen MR) is 78.1 cm³/mol. The minimum Gasteiger partial charge on any atom is -0.496 e. The normalized spacial score (nSPS) is 14.2. The molecule has 2 unspecified atom stereocenters. The summed E-state index contributed by atoms with van der Waals surface area (Å²) in [7, 11) is 1.74. The maximum absolute atomic E-state index is 5.45. The van der Waals surface area contributed by atoms with Gasteiger partial charge in [-0.15, -0.1) is 0 Å². The van der Waals surface area contributed by atoms with Gasteiger partial charge in [-0.3, -0.25) is 0 Å². The van der Waals surface area contributed by atoms with Crippen LogP contribution in [0.3, 0.4) is 0 Å². The molecule has 102 valence electrons. The van der Waals surface area contributed by atoms with Crippen LogP contribution in [0.15, 0.2) is 24.3 Å². The lowest BCUT2D eigenvalue weighted by atomic mass is 10.0. The van der Waals surface area contributed by atoms with Gasteiger partial charge in [-0.05, 0) is 25.8 Å². The maximum Gasteiger partial charge on any atom is 0.123 e. The van der Waals surface area contributed by atoms with E-state index in [2.05, 4.69) is 38.2 Å². The third-order valence-electron chi connectivity index (χ3n) is 3.40. The first kappa shape index (κ1) is 15.0. The van der Waals surface area contributed by atoms with Gasteiger partial charge in [0.15, 0.2) is 0 Å². The Kier molecular flexibility index (Phi) is 6.81. The molecule has 0 fully saturated rings. The average Bonchev–Trinajstić information content (AvgIpc) is 2.42. The number of rotatable bonds is 8. The van der Waals surface area contributed by atoms with Gasteiger partial charge in [0.2, 0.25) is 0 Å². The molecule has 1 rings (SSSR count). The van der Waals surface area contributed by atoms with Crippen molar-refractivity contribution in [2.24, 2.45) is 0 Å². The second-order valence-corrected chi connectivity index (χ2v) is 4.91. The summed E-state index contributed by atoms with van der Waals surface area (Å²) >= 11 is 0. The zero-order valence-corrected chi connectivity index (χ0v) is 12.2. The first-order valence-corrected chi connectivity index (χ1v) is 7.11. The Balaban J connectivity index is 2.70. The van der Waals surface area contributed by atoms with Crippen molar-refractivity contribution in [3.8, 4) is 5.75 Å². The minimum atomic E-state index is 0.382. The zero-order valence-electron chi connectivity index (χ0n) is 12.2. The lowest BCUT2D eigenvalue weighted by Gasteiger charge is -2.24. The molecule has 0 radical (unpaired) electrons. The van der Waals surface area contributed by atoms with Crippen LogP contribution in [0.5, 0.6) is 5.75 Å². The molecule has 0 aliphatic heterocycles. The van der Waals surface area contributed by atoms with E-state index in [4.69, 9.17) is 4.74 Å². The summed E-state index contributed by atoms with van der Waals surface area (Å²) in [6, 6.07) is 9.24. The fourth-order valence-electron chi connectivity index (χ4n) is 2.32. The smallest absolute Gasteiger partial charge is 0.123 e. The molecule has 0 bridgehead atoms. The molecule has 0 heterocycles. The molecule has 1 aromatic carbocycles. The topological polar surface area (TPSA) is 21.3 Å². The number of hydrogen-bond acceptors (Lipinski definition) is 2. The Hall–Kier alpha value is -1.02. The van der Waals surface area contributed by atoms with E-state index in [-0.39, 0.29) is 0 Å². The van der Waals surface area contributed by atoms with Crippen molar-refractivity contribution in [1.82, 2.24) is 5.32 Å². The Morgan fingerprint density at radius 1 is 1.22 bits per heavy atom. The Labute approximate surface area is 112 Å². The molecule has 0 aromatic heterocycles. The van der Waals surface area contributed by atoms with E-state index in [0.717, 1.165) is 12.2 Å². The molecule has 0 saturated heterocycles. The minimum absolute atomic E-state index is 0.382. The van der Waals surface area contributed by atoms with Crippen LogP contribution in [-0.4, -0.2) is 13.2 Å². The second-order valence-electron chi connectivity index (χ2n) is 4.91. The van der Waals surface area contributed by atoms with Gasteiger partial charge in [-0.2, -0.15) is 0 Å². The molecule has 0 amide bonds. The molecule has 2 nitrogen and oxygen atoms in total. The SMILES string of the molecule is CCCCC(C)NC(CC)c1ccccc1OC. The van der Waals surface area contributed by atoms with Crippen LogP contribution in [0.4, 0.5) is 0 Å². The Bertz CT molecular complexity index is 338. The molecule has 2 heteroatoms. The van der Waals surface area contributed by atoms with E-state index < -0.39 is 0 Å². The van der Waals surface area contributed by atoms with Crippen LogP contribution in [-0.2, 0) is 0 Å². The van der Waals surface area contributed by atoms with Crippen molar-refractivity contribution < 1.29 is 4.74 Å². The molecule has 2 atom stereocenters. The number of methoxy groups -OCH3 is 1. The molecule has 18 heavy (non-hydrogen) atoms. The van der Waals surface area contributed by atoms with Crippen LogP contribution in [0.2, 0.25) is 0 Å². The predicted octanol–water partition coefficient (Wildman–Crippen LogP) is 4.31. The fraction of sp³-hybridized carbons (Fsp3) is 0.625. The summed E-state index contributed by atoms with van der Waals surface area (Å²) in [5.41, 5.74) is 1.27. The third-order valence-corrected chi connectivity index (χ3v) is 3.40. The molecule has 0 aliphatic carbocycles. The summed E-state index contributed by atoms with van der Waals surface area (Å²) in [6.45, 7) is 6.73. The molecule has 0 saturated carbocycles. The Morgan fingerprint density at radius 3 is 2.56 bits per heavy atom. The number of unbranched alkanes of at least 4 members (excludes halogenated alkanes) is 1. The summed E-state index contributed by atoms with van der Waals surface area (Å²) in [6.07, 6.45) is 4.87. The van der Waals surface area contributed by atoms with Gasteiger partial charge < -0.3 is 10.1 Å².